The predicted molar refractivity (Wildman–Crippen MR) is 128 cm³/mol. The second kappa shape index (κ2) is 7.04. The van der Waals surface area contributed by atoms with Gasteiger partial charge in [0.15, 0.2) is 11.6 Å². The van der Waals surface area contributed by atoms with Gasteiger partial charge in [-0.05, 0) is 24.6 Å². The third kappa shape index (κ3) is 2.67. The van der Waals surface area contributed by atoms with Crippen molar-refractivity contribution in [1.29, 1.82) is 5.26 Å². The molecule has 3 aliphatic rings. The molecule has 8 nitrogen and oxygen atoms in total. The van der Waals surface area contributed by atoms with Crippen molar-refractivity contribution in [3.8, 4) is 17.3 Å². The Labute approximate surface area is 202 Å². The minimum Gasteiger partial charge on any atom is -0.389 e. The number of benzene rings is 1. The number of nitrogen functional groups attached to an aromatic ring is 1. The third-order valence-corrected chi connectivity index (χ3v) is 8.74. The highest BCUT2D eigenvalue weighted by molar-refractivity contribution is 7.23. The summed E-state index contributed by atoms with van der Waals surface area (Å²) >= 11 is 0.956. The number of nitrogens with two attached hydrogens (primary N) is 1. The molecule has 11 heteroatoms. The maximum atomic E-state index is 16.3. The highest BCUT2D eigenvalue weighted by Crippen LogP contribution is 2.45. The Bertz CT molecular complexity index is 1620. The van der Waals surface area contributed by atoms with Crippen LogP contribution in [0.5, 0.6) is 0 Å². The number of rotatable bonds is 2. The van der Waals surface area contributed by atoms with Gasteiger partial charge in [0.25, 0.3) is 0 Å². The second-order valence-corrected chi connectivity index (χ2v) is 10.5. The molecule has 0 atom stereocenters. The van der Waals surface area contributed by atoms with Gasteiger partial charge in [-0.25, -0.2) is 18.7 Å². The molecule has 0 unspecified atom stereocenters. The van der Waals surface area contributed by atoms with Crippen molar-refractivity contribution in [3.63, 3.8) is 0 Å². The van der Waals surface area contributed by atoms with Crippen LogP contribution in [0.1, 0.15) is 23.1 Å². The van der Waals surface area contributed by atoms with E-state index in [4.69, 9.17) is 10.5 Å². The van der Waals surface area contributed by atoms with Crippen LogP contribution in [0.25, 0.3) is 32.2 Å². The van der Waals surface area contributed by atoms with Crippen LogP contribution in [0.3, 0.4) is 0 Å². The fourth-order valence-electron chi connectivity index (χ4n) is 5.55. The van der Waals surface area contributed by atoms with E-state index in [1.165, 1.54) is 0 Å². The quantitative estimate of drug-likeness (QED) is 0.454. The number of hydrogen-bond donors (Lipinski definition) is 1. The number of anilines is 2. The number of likely N-dealkylation sites (N-methyl/N-ethyl adjacent to an activating group) is 1. The van der Waals surface area contributed by atoms with E-state index in [0.29, 0.717) is 16.9 Å². The summed E-state index contributed by atoms with van der Waals surface area (Å²) in [4.78, 5) is 17.8. The monoisotopic (exact) mass is 491 g/mol. The Hall–Kier alpha value is -3.46. The SMILES string of the molecule is CN1CCC12CN(c1ncc3c4c(c(-c5ncc(F)c6sc(N)c(C#N)c56)c(F)c3n1)COC4)C2. The first-order valence-electron chi connectivity index (χ1n) is 11.2. The number of aromatic nitrogens is 3. The number of pyridine rings is 1. The number of thiophene rings is 1. The summed E-state index contributed by atoms with van der Waals surface area (Å²) in [5.41, 5.74) is 8.17. The Morgan fingerprint density at radius 3 is 2.71 bits per heavy atom. The van der Waals surface area contributed by atoms with Gasteiger partial charge < -0.3 is 15.4 Å². The van der Waals surface area contributed by atoms with Crippen LogP contribution < -0.4 is 10.6 Å². The van der Waals surface area contributed by atoms with Gasteiger partial charge in [0.1, 0.15) is 16.6 Å². The topological polar surface area (TPSA) is 104 Å². The van der Waals surface area contributed by atoms with Gasteiger partial charge in [0.2, 0.25) is 5.95 Å². The molecule has 2 saturated heterocycles. The molecule has 0 saturated carbocycles. The predicted octanol–water partition coefficient (Wildman–Crippen LogP) is 3.56. The molecule has 2 fully saturated rings. The molecule has 0 amide bonds. The fourth-order valence-corrected chi connectivity index (χ4v) is 6.47. The van der Waals surface area contributed by atoms with Crippen molar-refractivity contribution in [1.82, 2.24) is 19.9 Å². The first-order chi connectivity index (χ1) is 16.9. The summed E-state index contributed by atoms with van der Waals surface area (Å²) in [5.74, 6) is -0.715. The molecule has 3 aromatic heterocycles. The number of fused-ring (bicyclic) bond motifs is 4. The summed E-state index contributed by atoms with van der Waals surface area (Å²) in [6.45, 7) is 3.13. The smallest absolute Gasteiger partial charge is 0.226 e. The van der Waals surface area contributed by atoms with Gasteiger partial charge in [-0.1, -0.05) is 0 Å². The van der Waals surface area contributed by atoms with Crippen molar-refractivity contribution >= 4 is 43.3 Å². The normalized spacial score (nSPS) is 18.6. The first kappa shape index (κ1) is 20.9. The summed E-state index contributed by atoms with van der Waals surface area (Å²) in [7, 11) is 2.11. The number of hydrogen-bond acceptors (Lipinski definition) is 9. The minimum absolute atomic E-state index is 0.0954. The molecule has 1 spiro atoms. The van der Waals surface area contributed by atoms with E-state index in [9.17, 15) is 9.65 Å². The molecule has 0 radical (unpaired) electrons. The average molecular weight is 492 g/mol. The summed E-state index contributed by atoms with van der Waals surface area (Å²) < 4.78 is 36.8. The van der Waals surface area contributed by atoms with Gasteiger partial charge in [-0.2, -0.15) is 5.26 Å². The largest absolute Gasteiger partial charge is 0.389 e. The van der Waals surface area contributed by atoms with Crippen LogP contribution in [-0.2, 0) is 18.0 Å². The van der Waals surface area contributed by atoms with Crippen LogP contribution >= 0.6 is 11.3 Å². The Kier molecular flexibility index (Phi) is 4.20. The number of likely N-dealkylation sites (tertiary alicyclic amines) is 1. The molecule has 0 aliphatic carbocycles. The zero-order valence-corrected chi connectivity index (χ0v) is 19.5. The van der Waals surface area contributed by atoms with E-state index in [0.717, 1.165) is 49.2 Å². The van der Waals surface area contributed by atoms with E-state index in [1.807, 2.05) is 6.07 Å². The zero-order valence-electron chi connectivity index (χ0n) is 18.7. The lowest BCUT2D eigenvalue weighted by Crippen LogP contribution is -2.76. The summed E-state index contributed by atoms with van der Waals surface area (Å²) in [6.07, 6.45) is 3.83. The van der Waals surface area contributed by atoms with E-state index < -0.39 is 11.6 Å². The van der Waals surface area contributed by atoms with Crippen LogP contribution in [0, 0.1) is 23.0 Å². The second-order valence-electron chi connectivity index (χ2n) is 9.44. The lowest BCUT2D eigenvalue weighted by molar-refractivity contribution is -0.0135. The molecule has 4 aromatic rings. The van der Waals surface area contributed by atoms with E-state index in [2.05, 4.69) is 31.8 Å². The van der Waals surface area contributed by atoms with E-state index >= 15 is 4.39 Å². The number of ether oxygens (including phenoxy) is 1. The molecule has 7 rings (SSSR count). The highest BCUT2D eigenvalue weighted by atomic mass is 32.1. The van der Waals surface area contributed by atoms with Crippen molar-refractivity contribution < 1.29 is 13.5 Å². The third-order valence-electron chi connectivity index (χ3n) is 7.71. The van der Waals surface area contributed by atoms with E-state index in [1.54, 1.807) is 6.20 Å². The van der Waals surface area contributed by atoms with Crippen LogP contribution in [-0.4, -0.2) is 52.1 Å². The Morgan fingerprint density at radius 1 is 1.20 bits per heavy atom. The molecular formula is C24H19F2N7OS. The molecule has 0 bridgehead atoms. The lowest BCUT2D eigenvalue weighted by Gasteiger charge is -2.61. The molecule has 35 heavy (non-hydrogen) atoms. The Balaban J connectivity index is 1.45. The molecular weight excluding hydrogens is 472 g/mol. The van der Waals surface area contributed by atoms with Crippen molar-refractivity contribution in [2.75, 3.05) is 37.3 Å². The zero-order chi connectivity index (χ0) is 24.1. The molecule has 6 heterocycles. The van der Waals surface area contributed by atoms with Crippen molar-refractivity contribution in [2.45, 2.75) is 25.2 Å². The highest BCUT2D eigenvalue weighted by Gasteiger charge is 2.52. The maximum Gasteiger partial charge on any atom is 0.226 e. The molecule has 1 aromatic carbocycles. The van der Waals surface area contributed by atoms with Gasteiger partial charge in [-0.15, -0.1) is 11.3 Å². The molecule has 2 N–H and O–H groups in total. The van der Waals surface area contributed by atoms with Gasteiger partial charge in [0, 0.05) is 42.2 Å². The maximum absolute atomic E-state index is 16.3. The van der Waals surface area contributed by atoms with E-state index in [-0.39, 0.29) is 56.2 Å². The number of halogens is 2. The lowest BCUT2D eigenvalue weighted by atomic mass is 9.78. The first-order valence-corrected chi connectivity index (χ1v) is 12.0. The molecule has 3 aliphatic heterocycles. The standard InChI is InChI=1S/C24H19F2N7OS/c1-32-3-2-24(32)9-33(10-24)23-30-5-12-13-7-34-8-14(13)16(18(26)19(12)31-23)20-17-11(4-27)22(28)35-21(17)15(25)6-29-20/h5-6H,2-3,7-10,28H2,1H3. The van der Waals surface area contributed by atoms with Gasteiger partial charge in [-0.3, -0.25) is 9.88 Å². The van der Waals surface area contributed by atoms with Crippen LogP contribution in [0.15, 0.2) is 12.4 Å². The minimum atomic E-state index is -0.603. The van der Waals surface area contributed by atoms with Crippen molar-refractivity contribution in [2.24, 2.45) is 0 Å². The van der Waals surface area contributed by atoms with Crippen LogP contribution in [0.4, 0.5) is 19.7 Å². The average Bonchev–Trinajstić information content (AvgIpc) is 3.43. The van der Waals surface area contributed by atoms with Crippen molar-refractivity contribution in [3.05, 3.63) is 40.7 Å². The van der Waals surface area contributed by atoms with Gasteiger partial charge in [0.05, 0.1) is 40.9 Å². The summed E-state index contributed by atoms with van der Waals surface area (Å²) in [5, 5.41) is 10.7. The van der Waals surface area contributed by atoms with Crippen LogP contribution in [0.2, 0.25) is 0 Å². The van der Waals surface area contributed by atoms with Gasteiger partial charge >= 0.3 is 0 Å². The number of nitrogens with zero attached hydrogens (tertiary/aromatic N) is 6. The Morgan fingerprint density at radius 2 is 2.00 bits per heavy atom. The fraction of sp³-hybridized carbons (Fsp3) is 0.333. The number of nitriles is 1. The summed E-state index contributed by atoms with van der Waals surface area (Å²) in [6, 6.07) is 2.03. The molecule has 176 valence electrons.